The van der Waals surface area contributed by atoms with Gasteiger partial charge in [-0.05, 0) is 24.8 Å². The summed E-state index contributed by atoms with van der Waals surface area (Å²) in [4.78, 5) is 4.44. The van der Waals surface area contributed by atoms with Gasteiger partial charge in [0.2, 0.25) is 0 Å². The SMILES string of the molecule is COc1cc(Sc2nc(C)co2)c(F)cc1N. The van der Waals surface area contributed by atoms with Gasteiger partial charge < -0.3 is 14.9 Å². The van der Waals surface area contributed by atoms with E-state index in [2.05, 4.69) is 4.98 Å². The van der Waals surface area contributed by atoms with E-state index in [1.54, 1.807) is 6.92 Å². The number of benzene rings is 1. The zero-order valence-electron chi connectivity index (χ0n) is 9.36. The van der Waals surface area contributed by atoms with Crippen LogP contribution in [0.2, 0.25) is 0 Å². The number of nitrogen functional groups attached to an aromatic ring is 1. The lowest BCUT2D eigenvalue weighted by molar-refractivity contribution is 0.414. The molecule has 4 nitrogen and oxygen atoms in total. The number of aryl methyl sites for hydroxylation is 1. The van der Waals surface area contributed by atoms with Gasteiger partial charge in [0.15, 0.2) is 0 Å². The molecule has 1 heterocycles. The van der Waals surface area contributed by atoms with Gasteiger partial charge in [0.1, 0.15) is 17.8 Å². The van der Waals surface area contributed by atoms with Crippen molar-refractivity contribution < 1.29 is 13.5 Å². The fraction of sp³-hybridized carbons (Fsp3) is 0.182. The fourth-order valence-electron chi connectivity index (χ4n) is 1.28. The Kier molecular flexibility index (Phi) is 3.23. The summed E-state index contributed by atoms with van der Waals surface area (Å²) in [6.07, 6.45) is 1.51. The van der Waals surface area contributed by atoms with Crippen LogP contribution in [0.1, 0.15) is 5.69 Å². The van der Waals surface area contributed by atoms with Crippen LogP contribution in [0.3, 0.4) is 0 Å². The molecule has 2 N–H and O–H groups in total. The van der Waals surface area contributed by atoms with Crippen LogP contribution in [-0.4, -0.2) is 12.1 Å². The Bertz CT molecular complexity index is 542. The maximum Gasteiger partial charge on any atom is 0.260 e. The zero-order chi connectivity index (χ0) is 12.4. The molecule has 0 aliphatic rings. The van der Waals surface area contributed by atoms with Gasteiger partial charge in [-0.1, -0.05) is 0 Å². The Hall–Kier alpha value is -1.69. The van der Waals surface area contributed by atoms with Gasteiger partial charge in [-0.2, -0.15) is 0 Å². The van der Waals surface area contributed by atoms with E-state index in [-0.39, 0.29) is 5.69 Å². The second-order valence-corrected chi connectivity index (χ2v) is 4.37. The number of rotatable bonds is 3. The number of oxazole rings is 1. The van der Waals surface area contributed by atoms with Crippen LogP contribution in [0.25, 0.3) is 0 Å². The number of aromatic nitrogens is 1. The number of anilines is 1. The predicted octanol–water partition coefficient (Wildman–Crippen LogP) is 2.86. The van der Waals surface area contributed by atoms with E-state index in [0.717, 1.165) is 17.5 Å². The fourth-order valence-corrected chi connectivity index (χ4v) is 2.07. The summed E-state index contributed by atoms with van der Waals surface area (Å²) in [6, 6.07) is 2.74. The highest BCUT2D eigenvalue weighted by Crippen LogP contribution is 2.34. The van der Waals surface area contributed by atoms with Crippen molar-refractivity contribution in [1.82, 2.24) is 4.98 Å². The molecule has 0 aliphatic carbocycles. The second kappa shape index (κ2) is 4.67. The highest BCUT2D eigenvalue weighted by Gasteiger charge is 2.12. The number of hydrogen-bond acceptors (Lipinski definition) is 5. The molecular weight excluding hydrogens is 243 g/mol. The highest BCUT2D eigenvalue weighted by atomic mass is 32.2. The van der Waals surface area contributed by atoms with E-state index in [0.29, 0.717) is 15.9 Å². The monoisotopic (exact) mass is 254 g/mol. The lowest BCUT2D eigenvalue weighted by Crippen LogP contribution is -1.94. The van der Waals surface area contributed by atoms with Crippen LogP contribution in [0.15, 0.2) is 32.9 Å². The summed E-state index contributed by atoms with van der Waals surface area (Å²) < 4.78 is 23.8. The van der Waals surface area contributed by atoms with Crippen LogP contribution in [-0.2, 0) is 0 Å². The van der Waals surface area contributed by atoms with Crippen molar-refractivity contribution in [2.24, 2.45) is 0 Å². The second-order valence-electron chi connectivity index (χ2n) is 3.38. The van der Waals surface area contributed by atoms with Crippen molar-refractivity contribution in [1.29, 1.82) is 0 Å². The van der Waals surface area contributed by atoms with Crippen LogP contribution >= 0.6 is 11.8 Å². The van der Waals surface area contributed by atoms with Gasteiger partial charge in [-0.25, -0.2) is 9.37 Å². The molecule has 0 saturated carbocycles. The Morgan fingerprint density at radius 1 is 1.47 bits per heavy atom. The average Bonchev–Trinajstić information content (AvgIpc) is 2.68. The maximum absolute atomic E-state index is 13.6. The number of nitrogens with two attached hydrogens (primary N) is 1. The number of nitrogens with zero attached hydrogens (tertiary/aromatic N) is 1. The third-order valence-electron chi connectivity index (χ3n) is 2.08. The van der Waals surface area contributed by atoms with Crippen molar-refractivity contribution in [3.05, 3.63) is 29.9 Å². The molecular formula is C11H11FN2O2S. The summed E-state index contributed by atoms with van der Waals surface area (Å²) in [5.41, 5.74) is 6.59. The Balaban J connectivity index is 2.32. The summed E-state index contributed by atoms with van der Waals surface area (Å²) in [5.74, 6) is 0.00123. The van der Waals surface area contributed by atoms with Crippen molar-refractivity contribution in [3.8, 4) is 5.75 Å². The standard InChI is InChI=1S/C11H11FN2O2S/c1-6-5-16-11(14-6)17-10-4-9(15-2)8(13)3-7(10)12/h3-5H,13H2,1-2H3. The smallest absolute Gasteiger partial charge is 0.260 e. The molecule has 17 heavy (non-hydrogen) atoms. The van der Waals surface area contributed by atoms with Gasteiger partial charge in [0.05, 0.1) is 23.4 Å². The topological polar surface area (TPSA) is 61.3 Å². The molecule has 6 heteroatoms. The molecule has 2 aromatic rings. The van der Waals surface area contributed by atoms with E-state index in [1.165, 1.54) is 25.5 Å². The molecule has 0 aliphatic heterocycles. The van der Waals surface area contributed by atoms with Crippen molar-refractivity contribution in [2.45, 2.75) is 17.0 Å². The predicted molar refractivity (Wildman–Crippen MR) is 62.7 cm³/mol. The molecule has 0 atom stereocenters. The number of ether oxygens (including phenoxy) is 1. The maximum atomic E-state index is 13.6. The molecule has 90 valence electrons. The molecule has 0 fully saturated rings. The largest absolute Gasteiger partial charge is 0.495 e. The summed E-state index contributed by atoms with van der Waals surface area (Å²) in [5, 5.41) is 0.383. The molecule has 1 aromatic heterocycles. The van der Waals surface area contributed by atoms with Crippen LogP contribution in [0.4, 0.5) is 10.1 Å². The van der Waals surface area contributed by atoms with E-state index in [4.69, 9.17) is 14.9 Å². The van der Waals surface area contributed by atoms with Gasteiger partial charge >= 0.3 is 0 Å². The summed E-state index contributed by atoms with van der Waals surface area (Å²) >= 11 is 1.08. The van der Waals surface area contributed by atoms with E-state index >= 15 is 0 Å². The number of methoxy groups -OCH3 is 1. The third kappa shape index (κ3) is 2.52. The van der Waals surface area contributed by atoms with Crippen LogP contribution in [0, 0.1) is 12.7 Å². The first-order chi connectivity index (χ1) is 8.10. The van der Waals surface area contributed by atoms with Gasteiger partial charge in [-0.3, -0.25) is 0 Å². The average molecular weight is 254 g/mol. The van der Waals surface area contributed by atoms with E-state index in [1.807, 2.05) is 0 Å². The lowest BCUT2D eigenvalue weighted by Gasteiger charge is -2.07. The minimum atomic E-state index is -0.427. The first-order valence-corrected chi connectivity index (χ1v) is 5.65. The van der Waals surface area contributed by atoms with Crippen molar-refractivity contribution in [2.75, 3.05) is 12.8 Å². The molecule has 0 saturated heterocycles. The molecule has 0 amide bonds. The first-order valence-electron chi connectivity index (χ1n) is 4.83. The normalized spacial score (nSPS) is 10.5. The molecule has 1 aromatic carbocycles. The number of halogens is 1. The summed E-state index contributed by atoms with van der Waals surface area (Å²) in [7, 11) is 1.48. The molecule has 0 spiro atoms. The van der Waals surface area contributed by atoms with Crippen LogP contribution < -0.4 is 10.5 Å². The summed E-state index contributed by atoms with van der Waals surface area (Å²) in [6.45, 7) is 1.80. The lowest BCUT2D eigenvalue weighted by atomic mass is 10.3. The van der Waals surface area contributed by atoms with E-state index < -0.39 is 5.82 Å². The molecule has 2 rings (SSSR count). The quantitative estimate of drug-likeness (QED) is 0.853. The van der Waals surface area contributed by atoms with Gasteiger partial charge in [0.25, 0.3) is 5.22 Å². The van der Waals surface area contributed by atoms with Crippen molar-refractivity contribution in [3.63, 3.8) is 0 Å². The Morgan fingerprint density at radius 2 is 2.24 bits per heavy atom. The van der Waals surface area contributed by atoms with Gasteiger partial charge in [0, 0.05) is 6.07 Å². The minimum absolute atomic E-state index is 0.262. The van der Waals surface area contributed by atoms with E-state index in [9.17, 15) is 4.39 Å². The first kappa shape index (κ1) is 11.8. The highest BCUT2D eigenvalue weighted by molar-refractivity contribution is 7.99. The molecule has 0 unspecified atom stereocenters. The third-order valence-corrected chi connectivity index (χ3v) is 2.97. The molecule has 0 bridgehead atoms. The van der Waals surface area contributed by atoms with Gasteiger partial charge in [-0.15, -0.1) is 0 Å². The zero-order valence-corrected chi connectivity index (χ0v) is 10.2. The van der Waals surface area contributed by atoms with Crippen molar-refractivity contribution >= 4 is 17.4 Å². The Labute approximate surface area is 102 Å². The molecule has 0 radical (unpaired) electrons. The Morgan fingerprint density at radius 3 is 2.82 bits per heavy atom. The number of hydrogen-bond donors (Lipinski definition) is 1. The van der Waals surface area contributed by atoms with Crippen LogP contribution in [0.5, 0.6) is 5.75 Å². The minimum Gasteiger partial charge on any atom is -0.495 e.